The van der Waals surface area contributed by atoms with Gasteiger partial charge in [0, 0.05) is 6.20 Å². The fraction of sp³-hybridized carbons (Fsp3) is 0.167. The number of aromatic nitrogens is 2. The maximum Gasteiger partial charge on any atom is 0.0792 e. The molecule has 1 aliphatic heterocycles. The first kappa shape index (κ1) is 8.41. The zero-order valence-corrected chi connectivity index (χ0v) is 8.27. The van der Waals surface area contributed by atoms with Gasteiger partial charge in [-0.2, -0.15) is 5.10 Å². The summed E-state index contributed by atoms with van der Waals surface area (Å²) >= 11 is 0. The van der Waals surface area contributed by atoms with Crippen molar-refractivity contribution in [3.8, 4) is 0 Å². The van der Waals surface area contributed by atoms with Crippen molar-refractivity contribution in [1.82, 2.24) is 10.2 Å². The van der Waals surface area contributed by atoms with E-state index in [1.165, 1.54) is 5.56 Å². The average molecular weight is 197 g/mol. The molecule has 0 aliphatic carbocycles. The molecule has 0 spiro atoms. The van der Waals surface area contributed by atoms with Crippen LogP contribution in [0.3, 0.4) is 0 Å². The number of para-hydroxylation sites is 1. The van der Waals surface area contributed by atoms with Crippen molar-refractivity contribution in [2.75, 3.05) is 0 Å². The van der Waals surface area contributed by atoms with Gasteiger partial charge >= 0.3 is 0 Å². The molecule has 0 saturated heterocycles. The summed E-state index contributed by atoms with van der Waals surface area (Å²) in [6.07, 6.45) is 3.81. The van der Waals surface area contributed by atoms with E-state index in [4.69, 9.17) is 0 Å². The number of aryl methyl sites for hydroxylation is 1. The van der Waals surface area contributed by atoms with Crippen LogP contribution in [0.5, 0.6) is 0 Å². The molecule has 0 saturated carbocycles. The minimum absolute atomic E-state index is 0.985. The van der Waals surface area contributed by atoms with Gasteiger partial charge in [-0.3, -0.25) is 10.1 Å². The van der Waals surface area contributed by atoms with E-state index in [9.17, 15) is 0 Å². The number of nitrogens with one attached hydrogen (secondary N) is 1. The van der Waals surface area contributed by atoms with Crippen molar-refractivity contribution in [1.29, 1.82) is 0 Å². The Bertz CT molecular complexity index is 497. The molecule has 1 aromatic heterocycles. The number of fused-ring (bicyclic) bond motifs is 1. The van der Waals surface area contributed by atoms with Gasteiger partial charge in [-0.1, -0.05) is 18.2 Å². The highest BCUT2D eigenvalue weighted by Crippen LogP contribution is 2.26. The molecule has 0 atom stereocenters. The van der Waals surface area contributed by atoms with Crippen LogP contribution >= 0.6 is 0 Å². The van der Waals surface area contributed by atoms with Gasteiger partial charge in [-0.05, 0) is 30.5 Å². The van der Waals surface area contributed by atoms with Crippen molar-refractivity contribution >= 4 is 11.4 Å². The normalized spacial score (nSPS) is 14.5. The maximum absolute atomic E-state index is 4.63. The van der Waals surface area contributed by atoms with E-state index in [1.54, 1.807) is 6.20 Å². The van der Waals surface area contributed by atoms with Crippen LogP contribution in [0, 0.1) is 0 Å². The molecule has 1 aliphatic rings. The summed E-state index contributed by atoms with van der Waals surface area (Å²) in [6, 6.07) is 10.3. The van der Waals surface area contributed by atoms with Gasteiger partial charge in [0.2, 0.25) is 0 Å². The van der Waals surface area contributed by atoms with Crippen molar-refractivity contribution in [3.05, 3.63) is 47.8 Å². The Morgan fingerprint density at radius 2 is 2.00 bits per heavy atom. The van der Waals surface area contributed by atoms with Gasteiger partial charge in [-0.25, -0.2) is 0 Å². The molecule has 0 amide bonds. The second kappa shape index (κ2) is 3.35. The maximum atomic E-state index is 4.63. The largest absolute Gasteiger partial charge is 0.277 e. The van der Waals surface area contributed by atoms with Crippen LogP contribution in [-0.4, -0.2) is 15.9 Å². The van der Waals surface area contributed by atoms with Crippen molar-refractivity contribution in [3.63, 3.8) is 0 Å². The fourth-order valence-electron chi connectivity index (χ4n) is 1.90. The van der Waals surface area contributed by atoms with E-state index < -0.39 is 0 Å². The van der Waals surface area contributed by atoms with E-state index in [1.807, 2.05) is 12.1 Å². The van der Waals surface area contributed by atoms with E-state index >= 15 is 0 Å². The van der Waals surface area contributed by atoms with Crippen LogP contribution in [0.2, 0.25) is 0 Å². The Hall–Kier alpha value is -1.90. The lowest BCUT2D eigenvalue weighted by Crippen LogP contribution is -2.07. The number of hydrogen-bond acceptors (Lipinski definition) is 2. The number of hydrogen-bond donors (Lipinski definition) is 1. The molecule has 3 heteroatoms. The second-order valence-corrected chi connectivity index (χ2v) is 3.66. The number of H-pyrrole nitrogens is 1. The average Bonchev–Trinajstić information content (AvgIpc) is 2.82. The number of rotatable bonds is 1. The molecular weight excluding hydrogens is 186 g/mol. The predicted octanol–water partition coefficient (Wildman–Crippen LogP) is 2.48. The fourth-order valence-corrected chi connectivity index (χ4v) is 1.90. The van der Waals surface area contributed by atoms with Crippen LogP contribution in [0.1, 0.15) is 17.7 Å². The molecular formula is C12H11N3. The minimum atomic E-state index is 0.985. The lowest BCUT2D eigenvalue weighted by molar-refractivity contribution is 0.989. The SMILES string of the molecule is c1ccc2c(c1)CCC(c1ccn[nH]1)=N2. The highest BCUT2D eigenvalue weighted by molar-refractivity contribution is 6.01. The second-order valence-electron chi connectivity index (χ2n) is 3.66. The third kappa shape index (κ3) is 1.46. The van der Waals surface area contributed by atoms with E-state index in [0.717, 1.165) is 29.9 Å². The molecule has 15 heavy (non-hydrogen) atoms. The molecule has 3 rings (SSSR count). The molecule has 0 radical (unpaired) electrons. The Morgan fingerprint density at radius 3 is 2.87 bits per heavy atom. The van der Waals surface area contributed by atoms with Gasteiger partial charge in [0.1, 0.15) is 0 Å². The van der Waals surface area contributed by atoms with Crippen molar-refractivity contribution in [2.24, 2.45) is 4.99 Å². The highest BCUT2D eigenvalue weighted by Gasteiger charge is 2.13. The Kier molecular flexibility index (Phi) is 1.88. The first-order valence-corrected chi connectivity index (χ1v) is 5.09. The summed E-state index contributed by atoms with van der Waals surface area (Å²) < 4.78 is 0. The Balaban J connectivity index is 2.06. The first-order chi connectivity index (χ1) is 7.43. The van der Waals surface area contributed by atoms with Crippen molar-refractivity contribution in [2.45, 2.75) is 12.8 Å². The summed E-state index contributed by atoms with van der Waals surface area (Å²) in [5.74, 6) is 0. The van der Waals surface area contributed by atoms with Crippen molar-refractivity contribution < 1.29 is 0 Å². The standard InChI is InChI=1S/C12H11N3/c1-2-4-10-9(3-1)5-6-11(14-10)12-7-8-13-15-12/h1-4,7-8H,5-6H2,(H,13,15). The van der Waals surface area contributed by atoms with E-state index in [-0.39, 0.29) is 0 Å². The summed E-state index contributed by atoms with van der Waals surface area (Å²) in [7, 11) is 0. The van der Waals surface area contributed by atoms with Crippen LogP contribution in [0.25, 0.3) is 0 Å². The summed E-state index contributed by atoms with van der Waals surface area (Å²) in [5.41, 5.74) is 4.56. The highest BCUT2D eigenvalue weighted by atomic mass is 15.1. The summed E-state index contributed by atoms with van der Waals surface area (Å²) in [4.78, 5) is 4.63. The van der Waals surface area contributed by atoms with Crippen LogP contribution in [-0.2, 0) is 6.42 Å². The van der Waals surface area contributed by atoms with Gasteiger partial charge < -0.3 is 0 Å². The molecule has 0 unspecified atom stereocenters. The number of aromatic amines is 1. The lowest BCUT2D eigenvalue weighted by atomic mass is 10.0. The monoisotopic (exact) mass is 197 g/mol. The predicted molar refractivity (Wildman–Crippen MR) is 59.5 cm³/mol. The van der Waals surface area contributed by atoms with Gasteiger partial charge in [0.15, 0.2) is 0 Å². The number of benzene rings is 1. The van der Waals surface area contributed by atoms with Crippen LogP contribution in [0.15, 0.2) is 41.5 Å². The van der Waals surface area contributed by atoms with E-state index in [0.29, 0.717) is 0 Å². The zero-order valence-electron chi connectivity index (χ0n) is 8.27. The van der Waals surface area contributed by atoms with Gasteiger partial charge in [0.05, 0.1) is 17.1 Å². The number of aliphatic imine (C=N–C) groups is 1. The van der Waals surface area contributed by atoms with Gasteiger partial charge in [0.25, 0.3) is 0 Å². The molecule has 2 heterocycles. The van der Waals surface area contributed by atoms with E-state index in [2.05, 4.69) is 33.4 Å². The molecule has 74 valence electrons. The van der Waals surface area contributed by atoms with Gasteiger partial charge in [-0.15, -0.1) is 0 Å². The smallest absolute Gasteiger partial charge is 0.0792 e. The quantitative estimate of drug-likeness (QED) is 0.749. The number of nitrogens with zero attached hydrogens (tertiary/aromatic N) is 2. The molecule has 3 nitrogen and oxygen atoms in total. The summed E-state index contributed by atoms with van der Waals surface area (Å²) in [5, 5.41) is 6.90. The minimum Gasteiger partial charge on any atom is -0.277 e. The molecule has 1 N–H and O–H groups in total. The Labute approximate surface area is 87.9 Å². The third-order valence-corrected chi connectivity index (χ3v) is 2.69. The Morgan fingerprint density at radius 1 is 1.07 bits per heavy atom. The molecule has 0 fully saturated rings. The molecule has 1 aromatic carbocycles. The van der Waals surface area contributed by atoms with Crippen LogP contribution in [0.4, 0.5) is 5.69 Å². The van der Waals surface area contributed by atoms with Crippen LogP contribution < -0.4 is 0 Å². The molecule has 0 bridgehead atoms. The summed E-state index contributed by atoms with van der Waals surface area (Å²) in [6.45, 7) is 0. The topological polar surface area (TPSA) is 41.0 Å². The lowest BCUT2D eigenvalue weighted by Gasteiger charge is -2.13. The first-order valence-electron chi connectivity index (χ1n) is 5.09. The third-order valence-electron chi connectivity index (χ3n) is 2.69. The zero-order chi connectivity index (χ0) is 10.1. The molecule has 2 aromatic rings.